The number of rotatable bonds is 4. The van der Waals surface area contributed by atoms with Crippen LogP contribution in [0, 0.1) is 13.8 Å². The van der Waals surface area contributed by atoms with Crippen molar-refractivity contribution in [2.75, 3.05) is 6.54 Å². The quantitative estimate of drug-likeness (QED) is 0.645. The number of benzene rings is 1. The predicted octanol–water partition coefficient (Wildman–Crippen LogP) is 0.362. The molecule has 1 aliphatic rings. The summed E-state index contributed by atoms with van der Waals surface area (Å²) in [4.78, 5) is 23.8. The minimum atomic E-state index is -0.233. The number of carbonyl (C=O) groups excluding carboxylic acids is 2. The van der Waals surface area contributed by atoms with Gasteiger partial charge in [0.2, 0.25) is 5.91 Å². The van der Waals surface area contributed by atoms with Crippen LogP contribution in [0.2, 0.25) is 0 Å². The van der Waals surface area contributed by atoms with Gasteiger partial charge in [0.15, 0.2) is 0 Å². The Morgan fingerprint density at radius 2 is 1.86 bits per heavy atom. The number of hydrazine groups is 1. The summed E-state index contributed by atoms with van der Waals surface area (Å²) in [6.45, 7) is 5.88. The second-order valence-electron chi connectivity index (χ2n) is 5.60. The van der Waals surface area contributed by atoms with Gasteiger partial charge in [-0.2, -0.15) is 0 Å². The second kappa shape index (κ2) is 6.69. The van der Waals surface area contributed by atoms with Crippen LogP contribution in [0.4, 0.5) is 0 Å². The normalized spacial score (nSPS) is 21.1. The van der Waals surface area contributed by atoms with Crippen molar-refractivity contribution in [3.05, 3.63) is 34.9 Å². The van der Waals surface area contributed by atoms with E-state index >= 15 is 0 Å². The van der Waals surface area contributed by atoms with Gasteiger partial charge in [-0.15, -0.1) is 0 Å². The molecule has 1 saturated heterocycles. The van der Waals surface area contributed by atoms with Gasteiger partial charge in [0.1, 0.15) is 0 Å². The molecule has 0 aromatic heterocycles. The van der Waals surface area contributed by atoms with Gasteiger partial charge >= 0.3 is 0 Å². The average Bonchev–Trinajstić information content (AvgIpc) is 2.80. The molecule has 1 heterocycles. The zero-order valence-electron chi connectivity index (χ0n) is 12.6. The summed E-state index contributed by atoms with van der Waals surface area (Å²) >= 11 is 0. The third kappa shape index (κ3) is 4.54. The molecular formula is C15H22N4O2. The molecule has 2 rings (SSSR count). The van der Waals surface area contributed by atoms with E-state index < -0.39 is 0 Å². The topological polar surface area (TPSA) is 82.3 Å². The number of nitrogens with one attached hydrogen (secondary N) is 4. The number of carbonyl (C=O) groups is 2. The summed E-state index contributed by atoms with van der Waals surface area (Å²) in [6.07, 6.45) is 0.724. The predicted molar refractivity (Wildman–Crippen MR) is 80.5 cm³/mol. The van der Waals surface area contributed by atoms with Crippen LogP contribution in [0.25, 0.3) is 0 Å². The molecule has 2 unspecified atom stereocenters. The van der Waals surface area contributed by atoms with Crippen LogP contribution in [0.1, 0.15) is 34.8 Å². The Morgan fingerprint density at radius 1 is 1.19 bits per heavy atom. The van der Waals surface area contributed by atoms with E-state index in [1.807, 2.05) is 39.0 Å². The fraction of sp³-hybridized carbons (Fsp3) is 0.467. The highest BCUT2D eigenvalue weighted by Crippen LogP contribution is 2.08. The van der Waals surface area contributed by atoms with E-state index in [9.17, 15) is 9.59 Å². The van der Waals surface area contributed by atoms with Crippen molar-refractivity contribution in [2.45, 2.75) is 39.4 Å². The molecule has 0 bridgehead atoms. The SMILES string of the molecule is Cc1cc(C)cc(C(=O)NCC(=O)NC2CC(C)NN2)c1. The molecule has 6 heteroatoms. The monoisotopic (exact) mass is 290 g/mol. The third-order valence-electron chi connectivity index (χ3n) is 3.32. The minimum Gasteiger partial charge on any atom is -0.343 e. The van der Waals surface area contributed by atoms with E-state index in [1.165, 1.54) is 0 Å². The summed E-state index contributed by atoms with van der Waals surface area (Å²) < 4.78 is 0. The molecule has 4 N–H and O–H groups in total. The summed E-state index contributed by atoms with van der Waals surface area (Å²) in [7, 11) is 0. The minimum absolute atomic E-state index is 0.0294. The lowest BCUT2D eigenvalue weighted by molar-refractivity contribution is -0.120. The Morgan fingerprint density at radius 3 is 2.43 bits per heavy atom. The van der Waals surface area contributed by atoms with Gasteiger partial charge in [0, 0.05) is 11.6 Å². The van der Waals surface area contributed by atoms with Gasteiger partial charge in [0.25, 0.3) is 5.91 Å². The van der Waals surface area contributed by atoms with Crippen LogP contribution in [0.3, 0.4) is 0 Å². The maximum absolute atomic E-state index is 12.0. The summed E-state index contributed by atoms with van der Waals surface area (Å²) in [6, 6.07) is 5.94. The van der Waals surface area contributed by atoms with Crippen LogP contribution in [0.5, 0.6) is 0 Å². The number of aryl methyl sites for hydroxylation is 2. The highest BCUT2D eigenvalue weighted by molar-refractivity contribution is 5.96. The fourth-order valence-electron chi connectivity index (χ4n) is 2.42. The lowest BCUT2D eigenvalue weighted by Gasteiger charge is -2.12. The van der Waals surface area contributed by atoms with Crippen molar-refractivity contribution < 1.29 is 9.59 Å². The van der Waals surface area contributed by atoms with Crippen molar-refractivity contribution in [3.8, 4) is 0 Å². The lowest BCUT2D eigenvalue weighted by Crippen LogP contribution is -2.47. The van der Waals surface area contributed by atoms with Crippen molar-refractivity contribution in [1.29, 1.82) is 0 Å². The van der Waals surface area contributed by atoms with Crippen LogP contribution in [0.15, 0.2) is 18.2 Å². The molecule has 2 amide bonds. The molecule has 0 radical (unpaired) electrons. The smallest absolute Gasteiger partial charge is 0.251 e. The Balaban J connectivity index is 1.81. The molecule has 1 aromatic carbocycles. The zero-order chi connectivity index (χ0) is 15.4. The van der Waals surface area contributed by atoms with Crippen LogP contribution in [-0.2, 0) is 4.79 Å². The van der Waals surface area contributed by atoms with Crippen molar-refractivity contribution in [3.63, 3.8) is 0 Å². The Labute approximate surface area is 124 Å². The molecule has 0 saturated carbocycles. The van der Waals surface area contributed by atoms with E-state index in [0.717, 1.165) is 17.5 Å². The first-order chi connectivity index (χ1) is 9.94. The van der Waals surface area contributed by atoms with Gasteiger partial charge in [0.05, 0.1) is 12.7 Å². The first-order valence-corrected chi connectivity index (χ1v) is 7.11. The van der Waals surface area contributed by atoms with Crippen molar-refractivity contribution >= 4 is 11.8 Å². The lowest BCUT2D eigenvalue weighted by atomic mass is 10.1. The average molecular weight is 290 g/mol. The molecule has 1 aromatic rings. The van der Waals surface area contributed by atoms with Gasteiger partial charge in [-0.05, 0) is 39.3 Å². The molecule has 0 aliphatic carbocycles. The van der Waals surface area contributed by atoms with Gasteiger partial charge in [-0.25, -0.2) is 5.43 Å². The zero-order valence-corrected chi connectivity index (χ0v) is 12.6. The number of amides is 2. The van der Waals surface area contributed by atoms with Crippen LogP contribution in [-0.4, -0.2) is 30.6 Å². The number of hydrogen-bond donors (Lipinski definition) is 4. The Bertz CT molecular complexity index is 524. The van der Waals surface area contributed by atoms with E-state index in [4.69, 9.17) is 0 Å². The van der Waals surface area contributed by atoms with E-state index in [0.29, 0.717) is 11.6 Å². The maximum atomic E-state index is 12.0. The van der Waals surface area contributed by atoms with Crippen LogP contribution >= 0.6 is 0 Å². The fourth-order valence-corrected chi connectivity index (χ4v) is 2.42. The molecule has 6 nitrogen and oxygen atoms in total. The summed E-state index contributed by atoms with van der Waals surface area (Å²) in [5.74, 6) is -0.441. The summed E-state index contributed by atoms with van der Waals surface area (Å²) in [5, 5.41) is 5.45. The number of hydrogen-bond acceptors (Lipinski definition) is 4. The van der Waals surface area contributed by atoms with E-state index in [-0.39, 0.29) is 24.5 Å². The highest BCUT2D eigenvalue weighted by Gasteiger charge is 2.21. The highest BCUT2D eigenvalue weighted by atomic mass is 16.2. The van der Waals surface area contributed by atoms with E-state index in [2.05, 4.69) is 21.5 Å². The Kier molecular flexibility index (Phi) is 4.93. The Hall–Kier alpha value is -1.92. The molecule has 0 spiro atoms. The summed E-state index contributed by atoms with van der Waals surface area (Å²) in [5.41, 5.74) is 8.64. The van der Waals surface area contributed by atoms with Gasteiger partial charge in [-0.1, -0.05) is 17.2 Å². The first kappa shape index (κ1) is 15.5. The second-order valence-corrected chi connectivity index (χ2v) is 5.60. The standard InChI is InChI=1S/C15H22N4O2/c1-9-4-10(2)6-12(5-9)15(21)16-8-14(20)17-13-7-11(3)18-19-13/h4-6,11,13,18-19H,7-8H2,1-3H3,(H,16,21)(H,17,20). The molecular weight excluding hydrogens is 268 g/mol. The van der Waals surface area contributed by atoms with Crippen molar-refractivity contribution in [1.82, 2.24) is 21.5 Å². The van der Waals surface area contributed by atoms with E-state index in [1.54, 1.807) is 0 Å². The molecule has 114 valence electrons. The largest absolute Gasteiger partial charge is 0.343 e. The first-order valence-electron chi connectivity index (χ1n) is 7.11. The van der Waals surface area contributed by atoms with Crippen molar-refractivity contribution in [2.24, 2.45) is 0 Å². The van der Waals surface area contributed by atoms with Gasteiger partial charge < -0.3 is 10.6 Å². The maximum Gasteiger partial charge on any atom is 0.251 e. The third-order valence-corrected chi connectivity index (χ3v) is 3.32. The van der Waals surface area contributed by atoms with Crippen LogP contribution < -0.4 is 21.5 Å². The molecule has 1 aliphatic heterocycles. The molecule has 21 heavy (non-hydrogen) atoms. The van der Waals surface area contributed by atoms with Gasteiger partial charge in [-0.3, -0.25) is 15.0 Å². The molecule has 1 fully saturated rings. The molecule has 2 atom stereocenters.